The molecule has 4 nitrogen and oxygen atoms in total. The quantitative estimate of drug-likeness (QED) is 0.773. The Morgan fingerprint density at radius 3 is 2.81 bits per heavy atom. The third-order valence-electron chi connectivity index (χ3n) is 3.80. The third-order valence-corrected chi connectivity index (χ3v) is 3.80. The molecule has 0 spiro atoms. The number of carbonyl (C=O) groups is 1. The van der Waals surface area contributed by atoms with Gasteiger partial charge in [0.15, 0.2) is 0 Å². The van der Waals surface area contributed by atoms with E-state index in [1.54, 1.807) is 6.92 Å². The highest BCUT2D eigenvalue weighted by molar-refractivity contribution is 5.75. The van der Waals surface area contributed by atoms with Gasteiger partial charge in [0.1, 0.15) is 24.2 Å². The maximum Gasteiger partial charge on any atom is 0.130 e. The number of hydrogen-bond acceptors (Lipinski definition) is 4. The Bertz CT molecular complexity index is 444. The van der Waals surface area contributed by atoms with Crippen LogP contribution in [0.3, 0.4) is 0 Å². The average molecular weight is 291 g/mol. The van der Waals surface area contributed by atoms with Crippen LogP contribution in [0.25, 0.3) is 0 Å². The molecule has 1 atom stereocenters. The molecule has 0 radical (unpaired) electrons. The van der Waals surface area contributed by atoms with E-state index >= 15 is 0 Å². The first-order valence-electron chi connectivity index (χ1n) is 7.72. The Morgan fingerprint density at radius 1 is 1.38 bits per heavy atom. The van der Waals surface area contributed by atoms with E-state index in [-0.39, 0.29) is 11.9 Å². The minimum atomic E-state index is 0.149. The molecule has 4 heteroatoms. The van der Waals surface area contributed by atoms with Crippen LogP contribution >= 0.6 is 0 Å². The maximum atomic E-state index is 11.0. The number of nitrogens with zero attached hydrogens (tertiary/aromatic N) is 1. The smallest absolute Gasteiger partial charge is 0.130 e. The summed E-state index contributed by atoms with van der Waals surface area (Å²) in [6.45, 7) is 8.18. The number of ketones is 1. The lowest BCUT2D eigenvalue weighted by atomic mass is 10.1. The molecule has 1 fully saturated rings. The molecule has 0 aromatic heterocycles. The molecule has 0 aliphatic carbocycles. The molecule has 0 saturated carbocycles. The van der Waals surface area contributed by atoms with Crippen LogP contribution in [0.5, 0.6) is 5.75 Å². The zero-order valence-electron chi connectivity index (χ0n) is 13.0. The molecule has 1 aliphatic heterocycles. The van der Waals surface area contributed by atoms with Gasteiger partial charge in [-0.25, -0.2) is 0 Å². The van der Waals surface area contributed by atoms with E-state index in [0.717, 1.165) is 38.4 Å². The van der Waals surface area contributed by atoms with E-state index in [1.165, 1.54) is 5.56 Å². The highest BCUT2D eigenvalue weighted by Gasteiger charge is 2.19. The van der Waals surface area contributed by atoms with Gasteiger partial charge in [-0.2, -0.15) is 0 Å². The number of morpholine rings is 1. The molecule has 1 unspecified atom stereocenters. The lowest BCUT2D eigenvalue weighted by Crippen LogP contribution is -2.44. The van der Waals surface area contributed by atoms with Crippen LogP contribution in [0, 0.1) is 0 Å². The summed E-state index contributed by atoms with van der Waals surface area (Å²) < 4.78 is 11.5. The summed E-state index contributed by atoms with van der Waals surface area (Å²) in [7, 11) is 0. The molecule has 1 heterocycles. The van der Waals surface area contributed by atoms with Gasteiger partial charge in [-0.05, 0) is 37.6 Å². The number of rotatable bonds is 7. The second-order valence-corrected chi connectivity index (χ2v) is 5.54. The first kappa shape index (κ1) is 16.0. The summed E-state index contributed by atoms with van der Waals surface area (Å²) in [5, 5.41) is 0. The number of carbonyl (C=O) groups excluding carboxylic acids is 1. The van der Waals surface area contributed by atoms with E-state index in [1.807, 2.05) is 24.3 Å². The van der Waals surface area contributed by atoms with Crippen LogP contribution in [0.2, 0.25) is 0 Å². The van der Waals surface area contributed by atoms with Gasteiger partial charge in [-0.1, -0.05) is 19.1 Å². The van der Waals surface area contributed by atoms with Gasteiger partial charge in [0, 0.05) is 19.5 Å². The molecule has 0 bridgehead atoms. The summed E-state index contributed by atoms with van der Waals surface area (Å²) in [6.07, 6.45) is 1.55. The molecule has 21 heavy (non-hydrogen) atoms. The topological polar surface area (TPSA) is 38.8 Å². The van der Waals surface area contributed by atoms with Gasteiger partial charge < -0.3 is 14.3 Å². The predicted molar refractivity (Wildman–Crippen MR) is 82.8 cm³/mol. The largest absolute Gasteiger partial charge is 0.491 e. The number of ether oxygens (including phenoxy) is 2. The standard InChI is InChI=1S/C17H25NO3/c1-3-18-10-11-20-17(12-18)13-21-16-8-6-15(7-9-16)5-4-14(2)19/h6-9,17H,3-5,10-13H2,1-2H3. The number of likely N-dealkylation sites (N-methyl/N-ethyl adjacent to an activating group) is 1. The molecule has 0 amide bonds. The van der Waals surface area contributed by atoms with E-state index in [0.29, 0.717) is 13.0 Å². The van der Waals surface area contributed by atoms with Crippen LogP contribution in [0.4, 0.5) is 0 Å². The zero-order chi connectivity index (χ0) is 15.1. The average Bonchev–Trinajstić information content (AvgIpc) is 2.52. The number of Topliss-reactive ketones (excluding diaryl/α,β-unsaturated/α-hetero) is 1. The maximum absolute atomic E-state index is 11.0. The Kier molecular flexibility index (Phi) is 6.21. The first-order chi connectivity index (χ1) is 10.2. The molecule has 2 rings (SSSR count). The van der Waals surface area contributed by atoms with Gasteiger partial charge in [-0.15, -0.1) is 0 Å². The summed E-state index contributed by atoms with van der Waals surface area (Å²) >= 11 is 0. The van der Waals surface area contributed by atoms with Crippen molar-refractivity contribution in [3.8, 4) is 5.75 Å². The molecule has 116 valence electrons. The van der Waals surface area contributed by atoms with Crippen LogP contribution in [-0.4, -0.2) is 49.6 Å². The zero-order valence-corrected chi connectivity index (χ0v) is 13.0. The molecular formula is C17H25NO3. The molecule has 1 aliphatic rings. The van der Waals surface area contributed by atoms with Crippen molar-refractivity contribution in [2.24, 2.45) is 0 Å². The van der Waals surface area contributed by atoms with E-state index in [9.17, 15) is 4.79 Å². The van der Waals surface area contributed by atoms with Crippen molar-refractivity contribution in [3.63, 3.8) is 0 Å². The lowest BCUT2D eigenvalue weighted by Gasteiger charge is -2.31. The lowest BCUT2D eigenvalue weighted by molar-refractivity contribution is -0.116. The summed E-state index contributed by atoms with van der Waals surface area (Å²) in [6, 6.07) is 7.99. The van der Waals surface area contributed by atoms with Crippen molar-refractivity contribution in [1.29, 1.82) is 0 Å². The van der Waals surface area contributed by atoms with Crippen LogP contribution in [0.1, 0.15) is 25.8 Å². The van der Waals surface area contributed by atoms with Crippen molar-refractivity contribution < 1.29 is 14.3 Å². The summed E-state index contributed by atoms with van der Waals surface area (Å²) in [5.74, 6) is 1.09. The Labute approximate surface area is 127 Å². The molecule has 1 aromatic carbocycles. The monoisotopic (exact) mass is 291 g/mol. The van der Waals surface area contributed by atoms with Crippen molar-refractivity contribution >= 4 is 5.78 Å². The summed E-state index contributed by atoms with van der Waals surface area (Å²) in [5.41, 5.74) is 1.17. The van der Waals surface area contributed by atoms with E-state index in [4.69, 9.17) is 9.47 Å². The van der Waals surface area contributed by atoms with Crippen LogP contribution in [0.15, 0.2) is 24.3 Å². The highest BCUT2D eigenvalue weighted by atomic mass is 16.5. The van der Waals surface area contributed by atoms with Crippen molar-refractivity contribution in [3.05, 3.63) is 29.8 Å². The third kappa shape index (κ3) is 5.48. The van der Waals surface area contributed by atoms with Gasteiger partial charge in [0.05, 0.1) is 6.61 Å². The molecular weight excluding hydrogens is 266 g/mol. The van der Waals surface area contributed by atoms with E-state index < -0.39 is 0 Å². The van der Waals surface area contributed by atoms with Crippen molar-refractivity contribution in [1.82, 2.24) is 4.90 Å². The SMILES string of the molecule is CCN1CCOC(COc2ccc(CCC(C)=O)cc2)C1. The van der Waals surface area contributed by atoms with Crippen molar-refractivity contribution in [2.45, 2.75) is 32.8 Å². The number of aryl methyl sites for hydroxylation is 1. The van der Waals surface area contributed by atoms with Gasteiger partial charge >= 0.3 is 0 Å². The highest BCUT2D eigenvalue weighted by Crippen LogP contribution is 2.15. The predicted octanol–water partition coefficient (Wildman–Crippen LogP) is 2.31. The van der Waals surface area contributed by atoms with Crippen LogP contribution in [-0.2, 0) is 16.0 Å². The molecule has 0 N–H and O–H groups in total. The number of benzene rings is 1. The molecule has 1 aromatic rings. The fourth-order valence-electron chi connectivity index (χ4n) is 2.43. The fraction of sp³-hybridized carbons (Fsp3) is 0.588. The number of hydrogen-bond donors (Lipinski definition) is 0. The van der Waals surface area contributed by atoms with Gasteiger partial charge in [0.2, 0.25) is 0 Å². The van der Waals surface area contributed by atoms with Crippen LogP contribution < -0.4 is 4.74 Å². The minimum Gasteiger partial charge on any atom is -0.491 e. The Balaban J connectivity index is 1.76. The van der Waals surface area contributed by atoms with E-state index in [2.05, 4.69) is 11.8 Å². The Hall–Kier alpha value is -1.39. The fourth-order valence-corrected chi connectivity index (χ4v) is 2.43. The van der Waals surface area contributed by atoms with Gasteiger partial charge in [-0.3, -0.25) is 4.90 Å². The van der Waals surface area contributed by atoms with Crippen molar-refractivity contribution in [2.75, 3.05) is 32.8 Å². The normalized spacial score (nSPS) is 19.4. The summed E-state index contributed by atoms with van der Waals surface area (Å²) in [4.78, 5) is 13.3. The molecule has 1 saturated heterocycles. The Morgan fingerprint density at radius 2 is 2.14 bits per heavy atom. The second-order valence-electron chi connectivity index (χ2n) is 5.54. The van der Waals surface area contributed by atoms with Gasteiger partial charge in [0.25, 0.3) is 0 Å². The minimum absolute atomic E-state index is 0.149. The second kappa shape index (κ2) is 8.15. The first-order valence-corrected chi connectivity index (χ1v) is 7.72.